The summed E-state index contributed by atoms with van der Waals surface area (Å²) in [6.45, 7) is 1.23. The lowest BCUT2D eigenvalue weighted by molar-refractivity contribution is 0.0967. The second kappa shape index (κ2) is 8.26. The minimum absolute atomic E-state index is 0.181. The molecule has 0 saturated carbocycles. The van der Waals surface area contributed by atoms with Gasteiger partial charge in [0.05, 0.1) is 34.7 Å². The quantitative estimate of drug-likeness (QED) is 0.661. The molecular weight excluding hydrogens is 402 g/mol. The van der Waals surface area contributed by atoms with Crippen LogP contribution in [-0.2, 0) is 6.54 Å². The Hall–Kier alpha value is -3.22. The molecule has 9 heteroatoms. The Bertz CT molecular complexity index is 1210. The molecule has 154 valence electrons. The summed E-state index contributed by atoms with van der Waals surface area (Å²) in [5, 5.41) is 22.2. The van der Waals surface area contributed by atoms with Gasteiger partial charge >= 0.3 is 0 Å². The Kier molecular flexibility index (Phi) is 5.53. The van der Waals surface area contributed by atoms with Crippen molar-refractivity contribution in [1.29, 1.82) is 5.26 Å². The number of hydrogen-bond acceptors (Lipinski definition) is 7. The molecule has 8 nitrogen and oxygen atoms in total. The monoisotopic (exact) mass is 423 g/mol. The Labute approximate surface area is 177 Å². The van der Waals surface area contributed by atoms with Crippen molar-refractivity contribution in [3.8, 4) is 6.07 Å². The average Bonchev–Trinajstić information content (AvgIpc) is 3.20. The van der Waals surface area contributed by atoms with E-state index in [1.165, 1.54) is 7.05 Å². The van der Waals surface area contributed by atoms with Gasteiger partial charge in [0.2, 0.25) is 5.95 Å². The predicted octanol–water partition coefficient (Wildman–Crippen LogP) is 1.70. The van der Waals surface area contributed by atoms with Crippen molar-refractivity contribution in [2.45, 2.75) is 25.5 Å². The van der Waals surface area contributed by atoms with Crippen molar-refractivity contribution in [2.24, 2.45) is 0 Å². The number of rotatable bonds is 4. The maximum absolute atomic E-state index is 13.4. The van der Waals surface area contributed by atoms with Gasteiger partial charge in [-0.05, 0) is 30.5 Å². The van der Waals surface area contributed by atoms with Crippen LogP contribution in [0.1, 0.15) is 33.6 Å². The molecule has 3 heterocycles. The number of aromatic nitrogens is 2. The minimum Gasteiger partial charge on any atom is -0.391 e. The molecule has 0 bridgehead atoms. The maximum atomic E-state index is 13.4. The van der Waals surface area contributed by atoms with Gasteiger partial charge in [-0.15, -0.1) is 11.3 Å². The van der Waals surface area contributed by atoms with Crippen molar-refractivity contribution in [1.82, 2.24) is 14.9 Å². The van der Waals surface area contributed by atoms with Crippen molar-refractivity contribution < 1.29 is 9.90 Å². The lowest BCUT2D eigenvalue weighted by Crippen LogP contribution is -2.42. The summed E-state index contributed by atoms with van der Waals surface area (Å²) in [7, 11) is 1.54. The second-order valence-electron chi connectivity index (χ2n) is 7.22. The van der Waals surface area contributed by atoms with Crippen LogP contribution in [0.2, 0.25) is 0 Å². The SMILES string of the molecule is CNC(=O)c1cc2nc(N3CCCC(O)C3)n(Cc3ccccc3C#N)c(=O)c2s1. The molecule has 2 aromatic heterocycles. The van der Waals surface area contributed by atoms with Crippen molar-refractivity contribution in [3.63, 3.8) is 0 Å². The number of anilines is 1. The maximum Gasteiger partial charge on any atom is 0.273 e. The van der Waals surface area contributed by atoms with E-state index in [2.05, 4.69) is 11.4 Å². The number of carbonyl (C=O) groups is 1. The first kappa shape index (κ1) is 20.1. The molecule has 1 aromatic carbocycles. The van der Waals surface area contributed by atoms with Gasteiger partial charge in [-0.3, -0.25) is 14.2 Å². The third-order valence-corrected chi connectivity index (χ3v) is 6.32. The van der Waals surface area contributed by atoms with Crippen LogP contribution < -0.4 is 15.8 Å². The van der Waals surface area contributed by atoms with E-state index in [0.717, 1.165) is 17.8 Å². The van der Waals surface area contributed by atoms with Crippen LogP contribution in [0.15, 0.2) is 35.1 Å². The topological polar surface area (TPSA) is 111 Å². The third kappa shape index (κ3) is 3.67. The number of nitriles is 1. The molecule has 1 unspecified atom stereocenters. The molecule has 3 aromatic rings. The number of hydrogen-bond donors (Lipinski definition) is 2. The highest BCUT2D eigenvalue weighted by atomic mass is 32.1. The first-order valence-electron chi connectivity index (χ1n) is 9.69. The van der Waals surface area contributed by atoms with Crippen LogP contribution in [0.25, 0.3) is 10.2 Å². The van der Waals surface area contributed by atoms with E-state index in [9.17, 15) is 20.0 Å². The van der Waals surface area contributed by atoms with E-state index in [1.807, 2.05) is 17.0 Å². The Morgan fingerprint density at radius 1 is 1.43 bits per heavy atom. The summed E-state index contributed by atoms with van der Waals surface area (Å²) in [6, 6.07) is 10.9. The molecule has 4 rings (SSSR count). The molecule has 1 atom stereocenters. The van der Waals surface area contributed by atoms with Gasteiger partial charge in [-0.25, -0.2) is 4.98 Å². The highest BCUT2D eigenvalue weighted by Gasteiger charge is 2.25. The summed E-state index contributed by atoms with van der Waals surface area (Å²) in [4.78, 5) is 32.5. The van der Waals surface area contributed by atoms with E-state index >= 15 is 0 Å². The fourth-order valence-electron chi connectivity index (χ4n) is 3.69. The molecule has 1 aliphatic heterocycles. The van der Waals surface area contributed by atoms with Crippen LogP contribution in [-0.4, -0.2) is 46.8 Å². The Morgan fingerprint density at radius 2 is 2.23 bits per heavy atom. The zero-order valence-corrected chi connectivity index (χ0v) is 17.3. The predicted molar refractivity (Wildman–Crippen MR) is 115 cm³/mol. The Morgan fingerprint density at radius 3 is 2.97 bits per heavy atom. The highest BCUT2D eigenvalue weighted by Crippen LogP contribution is 2.26. The van der Waals surface area contributed by atoms with E-state index in [1.54, 1.807) is 22.8 Å². The van der Waals surface area contributed by atoms with Gasteiger partial charge < -0.3 is 15.3 Å². The number of aliphatic hydroxyl groups is 1. The van der Waals surface area contributed by atoms with Gasteiger partial charge in [0.15, 0.2) is 0 Å². The highest BCUT2D eigenvalue weighted by molar-refractivity contribution is 7.20. The molecule has 1 aliphatic rings. The first-order valence-corrected chi connectivity index (χ1v) is 10.5. The van der Waals surface area contributed by atoms with Gasteiger partial charge in [-0.1, -0.05) is 18.2 Å². The van der Waals surface area contributed by atoms with Gasteiger partial charge in [0, 0.05) is 20.1 Å². The van der Waals surface area contributed by atoms with E-state index in [4.69, 9.17) is 4.98 Å². The first-order chi connectivity index (χ1) is 14.5. The van der Waals surface area contributed by atoms with Crippen LogP contribution in [0.3, 0.4) is 0 Å². The number of β-amino-alcohol motifs (C(OH)–C–C–N with tert-alkyl or cyclic N) is 1. The largest absolute Gasteiger partial charge is 0.391 e. The van der Waals surface area contributed by atoms with Gasteiger partial charge in [0.1, 0.15) is 4.70 Å². The lowest BCUT2D eigenvalue weighted by Gasteiger charge is -2.32. The molecule has 1 saturated heterocycles. The second-order valence-corrected chi connectivity index (χ2v) is 8.27. The standard InChI is InChI=1S/C21H21N5O3S/c1-23-19(28)17-9-16-18(30-17)20(29)26(11-14-6-3-2-5-13(14)10-22)21(24-16)25-8-4-7-15(27)12-25/h2-3,5-6,9,15,27H,4,7-8,11-12H2,1H3,(H,23,28). The fourth-order valence-corrected chi connectivity index (χ4v) is 4.68. The van der Waals surface area contributed by atoms with Crippen LogP contribution in [0.5, 0.6) is 0 Å². The van der Waals surface area contributed by atoms with Gasteiger partial charge in [-0.2, -0.15) is 5.26 Å². The zero-order chi connectivity index (χ0) is 21.3. The molecule has 0 spiro atoms. The number of nitrogens with one attached hydrogen (secondary N) is 1. The summed E-state index contributed by atoms with van der Waals surface area (Å²) < 4.78 is 1.94. The number of nitrogens with zero attached hydrogens (tertiary/aromatic N) is 4. The van der Waals surface area contributed by atoms with Crippen molar-refractivity contribution in [3.05, 3.63) is 56.7 Å². The van der Waals surface area contributed by atoms with Crippen LogP contribution in [0, 0.1) is 11.3 Å². The summed E-state index contributed by atoms with van der Waals surface area (Å²) in [5.74, 6) is 0.175. The summed E-state index contributed by atoms with van der Waals surface area (Å²) in [6.07, 6.45) is 1.01. The van der Waals surface area contributed by atoms with Crippen LogP contribution in [0.4, 0.5) is 5.95 Å². The fraction of sp³-hybridized carbons (Fsp3) is 0.333. The zero-order valence-electron chi connectivity index (χ0n) is 16.5. The van der Waals surface area contributed by atoms with E-state index in [0.29, 0.717) is 51.7 Å². The minimum atomic E-state index is -0.491. The number of fused-ring (bicyclic) bond motifs is 1. The molecule has 0 aliphatic carbocycles. The molecule has 30 heavy (non-hydrogen) atoms. The summed E-state index contributed by atoms with van der Waals surface area (Å²) >= 11 is 1.11. The molecule has 1 fully saturated rings. The number of thiophene rings is 1. The Balaban J connectivity index is 1.89. The number of aliphatic hydroxyl groups excluding tert-OH is 1. The molecular formula is C21H21N5O3S. The number of piperidine rings is 1. The van der Waals surface area contributed by atoms with E-state index in [-0.39, 0.29) is 18.0 Å². The molecule has 1 amide bonds. The smallest absolute Gasteiger partial charge is 0.273 e. The van der Waals surface area contributed by atoms with Gasteiger partial charge in [0.25, 0.3) is 11.5 Å². The average molecular weight is 423 g/mol. The normalized spacial score (nSPS) is 16.4. The van der Waals surface area contributed by atoms with E-state index < -0.39 is 6.10 Å². The van der Waals surface area contributed by atoms with Crippen molar-refractivity contribution >= 4 is 33.4 Å². The number of amides is 1. The molecule has 2 N–H and O–H groups in total. The molecule has 0 radical (unpaired) electrons. The third-order valence-electron chi connectivity index (χ3n) is 5.21. The lowest BCUT2D eigenvalue weighted by atomic mass is 10.1. The number of benzene rings is 1. The van der Waals surface area contributed by atoms with Crippen molar-refractivity contribution in [2.75, 3.05) is 25.0 Å². The van der Waals surface area contributed by atoms with Crippen LogP contribution >= 0.6 is 11.3 Å². The summed E-state index contributed by atoms with van der Waals surface area (Å²) in [5.41, 5.74) is 1.41. The number of carbonyl (C=O) groups excluding carboxylic acids is 1.